The third-order valence-corrected chi connectivity index (χ3v) is 7.80. The van der Waals surface area contributed by atoms with Crippen molar-refractivity contribution in [2.24, 2.45) is 0 Å². The van der Waals surface area contributed by atoms with E-state index in [9.17, 15) is 14.3 Å². The molecule has 1 unspecified atom stereocenters. The van der Waals surface area contributed by atoms with Crippen molar-refractivity contribution in [2.45, 2.75) is 13.1 Å². The largest absolute Gasteiger partial charge is 0.397 e. The maximum atomic E-state index is 12.9. The van der Waals surface area contributed by atoms with E-state index in [1.54, 1.807) is 54.7 Å². The Morgan fingerprint density at radius 2 is 1.94 bits per heavy atom. The van der Waals surface area contributed by atoms with E-state index < -0.39 is 7.37 Å². The van der Waals surface area contributed by atoms with Crippen molar-refractivity contribution in [1.29, 1.82) is 0 Å². The van der Waals surface area contributed by atoms with Gasteiger partial charge >= 0.3 is 0 Å². The predicted molar refractivity (Wildman–Crippen MR) is 131 cm³/mol. The lowest BCUT2D eigenvalue weighted by Crippen LogP contribution is -2.14. The van der Waals surface area contributed by atoms with E-state index in [1.165, 1.54) is 6.20 Å². The first-order valence-corrected chi connectivity index (χ1v) is 12.7. The Morgan fingerprint density at radius 1 is 1.12 bits per heavy atom. The van der Waals surface area contributed by atoms with Crippen LogP contribution in [0.5, 0.6) is 0 Å². The van der Waals surface area contributed by atoms with Gasteiger partial charge in [0.1, 0.15) is 0 Å². The molecule has 0 radical (unpaired) electrons. The van der Waals surface area contributed by atoms with Crippen LogP contribution in [0, 0.1) is 6.92 Å². The van der Waals surface area contributed by atoms with Crippen LogP contribution < -0.4 is 16.4 Å². The smallest absolute Gasteiger partial charge is 0.257 e. The van der Waals surface area contributed by atoms with Gasteiger partial charge in [-0.25, -0.2) is 0 Å². The second-order valence-corrected chi connectivity index (χ2v) is 10.4. The zero-order valence-corrected chi connectivity index (χ0v) is 19.1. The van der Waals surface area contributed by atoms with Crippen LogP contribution in [-0.4, -0.2) is 15.8 Å². The van der Waals surface area contributed by atoms with Gasteiger partial charge in [0.2, 0.25) is 7.37 Å². The molecule has 32 heavy (non-hydrogen) atoms. The number of aryl methyl sites for hydroxylation is 1. The lowest BCUT2D eigenvalue weighted by molar-refractivity contribution is 0.102. The standard InChI is InChI=1S/C24H22N3O3PS/c1-16-4-2-3-5-23(16)31(29,30)14-20-8-6-18(13-26-20)24(28)27-22-12-17(7-9-21(22)25)19-10-11-32-15-19/h2-13,15H,14,25H2,1H3,(H,27,28)(H,29,30). The van der Waals surface area contributed by atoms with Crippen molar-refractivity contribution in [3.8, 4) is 11.1 Å². The summed E-state index contributed by atoms with van der Waals surface area (Å²) in [6.07, 6.45) is 1.30. The van der Waals surface area contributed by atoms with Crippen molar-refractivity contribution in [3.05, 3.63) is 94.4 Å². The summed E-state index contributed by atoms with van der Waals surface area (Å²) >= 11 is 1.59. The van der Waals surface area contributed by atoms with Gasteiger partial charge in [0.25, 0.3) is 5.91 Å². The molecule has 2 aromatic carbocycles. The van der Waals surface area contributed by atoms with Crippen LogP contribution in [0.1, 0.15) is 21.6 Å². The van der Waals surface area contributed by atoms with Gasteiger partial charge < -0.3 is 15.9 Å². The van der Waals surface area contributed by atoms with Gasteiger partial charge in [-0.3, -0.25) is 14.3 Å². The lowest BCUT2D eigenvalue weighted by atomic mass is 10.1. The molecule has 4 rings (SSSR count). The Hall–Kier alpha value is -3.25. The number of rotatable bonds is 6. The van der Waals surface area contributed by atoms with Gasteiger partial charge in [0, 0.05) is 11.5 Å². The molecule has 2 aromatic heterocycles. The minimum atomic E-state index is -3.61. The number of thiophene rings is 1. The first-order valence-electron chi connectivity index (χ1n) is 9.90. The summed E-state index contributed by atoms with van der Waals surface area (Å²) < 4.78 is 12.9. The Balaban J connectivity index is 1.49. The Kier molecular flexibility index (Phi) is 6.24. The van der Waals surface area contributed by atoms with E-state index in [0.29, 0.717) is 27.9 Å². The number of hydrogen-bond acceptors (Lipinski definition) is 5. The van der Waals surface area contributed by atoms with Crippen LogP contribution in [0.15, 0.2) is 77.6 Å². The molecule has 2 heterocycles. The number of anilines is 2. The summed E-state index contributed by atoms with van der Waals surface area (Å²) in [5.74, 6) is -0.357. The van der Waals surface area contributed by atoms with Gasteiger partial charge in [0.05, 0.1) is 28.8 Å². The predicted octanol–water partition coefficient (Wildman–Crippen LogP) is 5.05. The average molecular weight is 463 g/mol. The second kappa shape index (κ2) is 9.09. The monoisotopic (exact) mass is 463 g/mol. The van der Waals surface area contributed by atoms with Crippen molar-refractivity contribution >= 4 is 41.3 Å². The van der Waals surface area contributed by atoms with Gasteiger partial charge in [-0.05, 0) is 70.8 Å². The number of nitrogens with two attached hydrogens (primary N) is 1. The number of nitrogens with zero attached hydrogens (tertiary/aromatic N) is 1. The van der Waals surface area contributed by atoms with Gasteiger partial charge in [-0.1, -0.05) is 24.3 Å². The van der Waals surface area contributed by atoms with Crippen LogP contribution in [0.2, 0.25) is 0 Å². The minimum Gasteiger partial charge on any atom is -0.397 e. The number of carbonyl (C=O) groups excluding carboxylic acids is 1. The number of nitrogen functional groups attached to an aromatic ring is 1. The highest BCUT2D eigenvalue weighted by Gasteiger charge is 2.24. The average Bonchev–Trinajstić information content (AvgIpc) is 3.30. The molecule has 0 fully saturated rings. The zero-order chi connectivity index (χ0) is 22.7. The highest BCUT2D eigenvalue weighted by Crippen LogP contribution is 2.43. The van der Waals surface area contributed by atoms with E-state index in [0.717, 1.165) is 16.7 Å². The highest BCUT2D eigenvalue weighted by atomic mass is 32.1. The third kappa shape index (κ3) is 4.81. The second-order valence-electron chi connectivity index (χ2n) is 7.45. The summed E-state index contributed by atoms with van der Waals surface area (Å²) in [5.41, 5.74) is 10.6. The molecule has 0 aliphatic heterocycles. The molecule has 4 aromatic rings. The van der Waals surface area contributed by atoms with E-state index >= 15 is 0 Å². The quantitative estimate of drug-likeness (QED) is 0.274. The SMILES string of the molecule is Cc1ccccc1P(=O)(O)Cc1ccc(C(=O)Nc2cc(-c3ccsc3)ccc2N)cn1. The minimum absolute atomic E-state index is 0.102. The fourth-order valence-electron chi connectivity index (χ4n) is 3.38. The van der Waals surface area contributed by atoms with Crippen LogP contribution in [-0.2, 0) is 10.7 Å². The molecule has 6 nitrogen and oxygen atoms in total. The molecule has 4 N–H and O–H groups in total. The lowest BCUT2D eigenvalue weighted by Gasteiger charge is -2.14. The van der Waals surface area contributed by atoms with Gasteiger partial charge in [0.15, 0.2) is 0 Å². The van der Waals surface area contributed by atoms with Crippen molar-refractivity contribution in [3.63, 3.8) is 0 Å². The molecular formula is C24H22N3O3PS. The van der Waals surface area contributed by atoms with Crippen molar-refractivity contribution in [1.82, 2.24) is 4.98 Å². The third-order valence-electron chi connectivity index (χ3n) is 5.11. The summed E-state index contributed by atoms with van der Waals surface area (Å²) in [7, 11) is -3.61. The van der Waals surface area contributed by atoms with E-state index in [4.69, 9.17) is 5.73 Å². The van der Waals surface area contributed by atoms with Crippen LogP contribution in [0.25, 0.3) is 11.1 Å². The first-order chi connectivity index (χ1) is 15.3. The topological polar surface area (TPSA) is 105 Å². The number of carbonyl (C=O) groups is 1. The Morgan fingerprint density at radius 3 is 2.62 bits per heavy atom. The maximum Gasteiger partial charge on any atom is 0.257 e. The fraction of sp³-hybridized carbons (Fsp3) is 0.0833. The van der Waals surface area contributed by atoms with Gasteiger partial charge in [-0.15, -0.1) is 0 Å². The fourth-order valence-corrected chi connectivity index (χ4v) is 5.79. The van der Waals surface area contributed by atoms with Crippen LogP contribution >= 0.6 is 18.7 Å². The van der Waals surface area contributed by atoms with E-state index in [-0.39, 0.29) is 12.1 Å². The maximum absolute atomic E-state index is 12.9. The summed E-state index contributed by atoms with van der Waals surface area (Å²) in [6.45, 7) is 1.80. The first kappa shape index (κ1) is 22.0. The molecule has 8 heteroatoms. The van der Waals surface area contributed by atoms with Crippen molar-refractivity contribution in [2.75, 3.05) is 11.1 Å². The highest BCUT2D eigenvalue weighted by molar-refractivity contribution is 7.65. The number of pyridine rings is 1. The number of amides is 1. The van der Waals surface area contributed by atoms with Crippen LogP contribution in [0.3, 0.4) is 0 Å². The summed E-state index contributed by atoms with van der Waals surface area (Å²) in [4.78, 5) is 27.5. The number of benzene rings is 2. The Bertz CT molecular complexity index is 1300. The number of aromatic nitrogens is 1. The molecule has 0 saturated heterocycles. The van der Waals surface area contributed by atoms with E-state index in [2.05, 4.69) is 10.3 Å². The number of nitrogens with one attached hydrogen (secondary N) is 1. The molecule has 162 valence electrons. The van der Waals surface area contributed by atoms with E-state index in [1.807, 2.05) is 35.0 Å². The molecular weight excluding hydrogens is 441 g/mol. The molecule has 0 saturated carbocycles. The molecule has 1 amide bonds. The Labute approximate surface area is 190 Å². The molecule has 1 atom stereocenters. The normalized spacial score (nSPS) is 12.8. The molecule has 0 spiro atoms. The molecule has 0 aliphatic rings. The zero-order valence-electron chi connectivity index (χ0n) is 17.4. The van der Waals surface area contributed by atoms with Crippen molar-refractivity contribution < 1.29 is 14.3 Å². The summed E-state index contributed by atoms with van der Waals surface area (Å²) in [6, 6.07) is 17.7. The van der Waals surface area contributed by atoms with Crippen LogP contribution in [0.4, 0.5) is 11.4 Å². The molecule has 0 aliphatic carbocycles. The summed E-state index contributed by atoms with van der Waals surface area (Å²) in [5, 5.41) is 7.26. The number of hydrogen-bond donors (Lipinski definition) is 3. The molecule has 0 bridgehead atoms. The van der Waals surface area contributed by atoms with Gasteiger partial charge in [-0.2, -0.15) is 11.3 Å².